The van der Waals surface area contributed by atoms with Crippen molar-refractivity contribution in [1.82, 2.24) is 0 Å². The maximum atomic E-state index is 10.3. The van der Waals surface area contributed by atoms with Crippen molar-refractivity contribution in [2.45, 2.75) is 0 Å². The van der Waals surface area contributed by atoms with Crippen molar-refractivity contribution >= 4 is 64.1 Å². The Morgan fingerprint density at radius 2 is 1.62 bits per heavy atom. The fraction of sp³-hybridized carbons (Fsp3) is 0. The third-order valence-electron chi connectivity index (χ3n) is 0.338. The van der Waals surface area contributed by atoms with E-state index in [-0.39, 0.29) is 8.63 Å². The third-order valence-corrected chi connectivity index (χ3v) is 3.37. The molecule has 0 atom stereocenters. The minimum absolute atomic E-state index is 0.263. The molecule has 8 heavy (non-hydrogen) atoms. The number of allylic oxidation sites excluding steroid dienone is 1. The van der Waals surface area contributed by atoms with Gasteiger partial charge in [0.15, 0.2) is 0 Å². The van der Waals surface area contributed by atoms with Gasteiger partial charge in [-0.15, -0.1) is 0 Å². The molecule has 46 valence electrons. The van der Waals surface area contributed by atoms with Crippen LogP contribution in [0.3, 0.4) is 0 Å². The van der Waals surface area contributed by atoms with Crippen molar-refractivity contribution in [3.63, 3.8) is 0 Å². The molecule has 5 heteroatoms. The summed E-state index contributed by atoms with van der Waals surface area (Å²) in [5, 5.41) is 0. The molecule has 0 unspecified atom stereocenters. The van der Waals surface area contributed by atoms with Crippen molar-refractivity contribution in [1.29, 1.82) is 0 Å². The fourth-order valence-corrected chi connectivity index (χ4v) is 0.919. The van der Waals surface area contributed by atoms with Crippen LogP contribution in [0, 0.1) is 0 Å². The van der Waals surface area contributed by atoms with Gasteiger partial charge in [0.2, 0.25) is 4.69 Å². The molecular weight excluding hydrogens is 327 g/mol. The molecule has 0 N–H and O–H groups in total. The molecule has 0 aromatic carbocycles. The van der Waals surface area contributed by atoms with E-state index in [1.54, 1.807) is 0 Å². The van der Waals surface area contributed by atoms with E-state index in [0.717, 1.165) is 0 Å². The van der Waals surface area contributed by atoms with Gasteiger partial charge in [0, 0.05) is 0 Å². The Morgan fingerprint density at radius 3 is 1.62 bits per heavy atom. The Bertz CT molecular complexity index is 137. The van der Waals surface area contributed by atoms with Gasteiger partial charge in [-0.3, -0.25) is 4.79 Å². The van der Waals surface area contributed by atoms with Crippen LogP contribution in [-0.4, -0.2) is 4.69 Å². The molecule has 0 amide bonds. The second-order valence-corrected chi connectivity index (χ2v) is 3.99. The topological polar surface area (TPSA) is 17.1 Å². The first kappa shape index (κ1) is 9.14. The Labute approximate surface area is 76.8 Å². The first-order valence-corrected chi connectivity index (χ1v) is 4.22. The van der Waals surface area contributed by atoms with Gasteiger partial charge in [0.05, 0.1) is 4.48 Å². The van der Waals surface area contributed by atoms with Gasteiger partial charge >= 0.3 is 0 Å². The van der Waals surface area contributed by atoms with E-state index in [0.29, 0.717) is 4.48 Å². The smallest absolute Gasteiger partial charge is 0.237 e. The lowest BCUT2D eigenvalue weighted by Crippen LogP contribution is -1.81. The molecule has 0 heterocycles. The summed E-state index contributed by atoms with van der Waals surface area (Å²) in [6, 6.07) is 0. The molecule has 0 aromatic rings. The first-order valence-electron chi connectivity index (χ1n) is 1.46. The van der Waals surface area contributed by atoms with Crippen molar-refractivity contribution in [3.8, 4) is 0 Å². The SMILES string of the molecule is O=C(Br)C(Br)=C(Cl)Br. The summed E-state index contributed by atoms with van der Waals surface area (Å²) in [7, 11) is 0. The lowest BCUT2D eigenvalue weighted by atomic mass is 10.7. The number of halogens is 4. The van der Waals surface area contributed by atoms with Crippen LogP contribution in [0.15, 0.2) is 8.42 Å². The maximum Gasteiger partial charge on any atom is 0.237 e. The predicted molar refractivity (Wildman–Crippen MR) is 44.7 cm³/mol. The molecule has 0 saturated heterocycles. The molecule has 0 fully saturated rings. The van der Waals surface area contributed by atoms with Crippen LogP contribution in [0.4, 0.5) is 0 Å². The second kappa shape index (κ2) is 4.04. The third kappa shape index (κ3) is 3.22. The van der Waals surface area contributed by atoms with Crippen molar-refractivity contribution < 1.29 is 4.79 Å². The van der Waals surface area contributed by atoms with Crippen LogP contribution in [0.25, 0.3) is 0 Å². The minimum Gasteiger partial charge on any atom is -0.280 e. The average molecular weight is 327 g/mol. The van der Waals surface area contributed by atoms with Crippen molar-refractivity contribution in [2.24, 2.45) is 0 Å². The largest absolute Gasteiger partial charge is 0.280 e. The van der Waals surface area contributed by atoms with Crippen molar-refractivity contribution in [2.75, 3.05) is 0 Å². The quantitative estimate of drug-likeness (QED) is 0.534. The highest BCUT2D eigenvalue weighted by atomic mass is 79.9. The van der Waals surface area contributed by atoms with Crippen LogP contribution in [0.5, 0.6) is 0 Å². The lowest BCUT2D eigenvalue weighted by molar-refractivity contribution is -0.106. The van der Waals surface area contributed by atoms with E-state index < -0.39 is 0 Å². The van der Waals surface area contributed by atoms with E-state index in [4.69, 9.17) is 11.6 Å². The second-order valence-electron chi connectivity index (χ2n) is 0.848. The van der Waals surface area contributed by atoms with Gasteiger partial charge in [0.1, 0.15) is 3.94 Å². The van der Waals surface area contributed by atoms with Crippen LogP contribution < -0.4 is 0 Å². The molecule has 0 aliphatic rings. The van der Waals surface area contributed by atoms with Gasteiger partial charge in [-0.25, -0.2) is 0 Å². The standard InChI is InChI=1S/C3Br3ClO/c4-1(2(5)7)3(6)8. The van der Waals surface area contributed by atoms with Crippen LogP contribution in [0.2, 0.25) is 0 Å². The zero-order valence-corrected chi connectivity index (χ0v) is 8.93. The molecule has 0 saturated carbocycles. The molecule has 0 radical (unpaired) electrons. The summed E-state index contributed by atoms with van der Waals surface area (Å²) in [5.41, 5.74) is 0. The Hall–Kier alpha value is 1.14. The van der Waals surface area contributed by atoms with Gasteiger partial charge in [-0.05, 0) is 47.8 Å². The highest BCUT2D eigenvalue weighted by Gasteiger charge is 2.03. The number of hydrogen-bond donors (Lipinski definition) is 0. The normalized spacial score (nSPS) is 13.0. The molecule has 1 nitrogen and oxygen atoms in total. The first-order chi connectivity index (χ1) is 3.55. The summed E-state index contributed by atoms with van der Waals surface area (Å²) in [6.45, 7) is 0. The molecule has 0 aromatic heterocycles. The fourth-order valence-electron chi connectivity index (χ4n) is 0.0743. The molecule has 0 aliphatic heterocycles. The van der Waals surface area contributed by atoms with Crippen LogP contribution in [0.1, 0.15) is 0 Å². The Morgan fingerprint density at radius 1 is 1.25 bits per heavy atom. The highest BCUT2D eigenvalue weighted by Crippen LogP contribution is 2.23. The van der Waals surface area contributed by atoms with E-state index in [1.807, 2.05) is 0 Å². The monoisotopic (exact) mass is 324 g/mol. The summed E-state index contributed by atoms with van der Waals surface area (Å²) >= 11 is 13.8. The van der Waals surface area contributed by atoms with Crippen molar-refractivity contribution in [3.05, 3.63) is 8.42 Å². The number of carbonyl (C=O) groups is 1. The number of rotatable bonds is 1. The van der Waals surface area contributed by atoms with Gasteiger partial charge in [0.25, 0.3) is 0 Å². The van der Waals surface area contributed by atoms with E-state index >= 15 is 0 Å². The summed E-state index contributed by atoms with van der Waals surface area (Å²) < 4.78 is 0.276. The van der Waals surface area contributed by atoms with Crippen LogP contribution in [-0.2, 0) is 4.79 Å². The van der Waals surface area contributed by atoms with Crippen LogP contribution >= 0.6 is 59.4 Å². The number of carbonyl (C=O) groups excluding carboxylic acids is 1. The zero-order chi connectivity index (χ0) is 6.73. The number of hydrogen-bond acceptors (Lipinski definition) is 1. The molecule has 0 bridgehead atoms. The predicted octanol–water partition coefficient (Wildman–Crippen LogP) is 3.11. The average Bonchev–Trinajstić information content (AvgIpc) is 1.64. The Kier molecular flexibility index (Phi) is 4.61. The molecule has 0 rings (SSSR count). The lowest BCUT2D eigenvalue weighted by Gasteiger charge is -1.85. The summed E-state index contributed by atoms with van der Waals surface area (Å²) in [4.78, 5) is 10.3. The zero-order valence-electron chi connectivity index (χ0n) is 3.42. The van der Waals surface area contributed by atoms with Gasteiger partial charge in [-0.1, -0.05) is 11.6 Å². The van der Waals surface area contributed by atoms with E-state index in [9.17, 15) is 4.79 Å². The maximum absolute atomic E-state index is 10.3. The molecular formula is C3Br3ClO. The van der Waals surface area contributed by atoms with Gasteiger partial charge in [-0.2, -0.15) is 0 Å². The minimum atomic E-state index is -0.278. The molecule has 0 aliphatic carbocycles. The summed E-state index contributed by atoms with van der Waals surface area (Å²) in [5.74, 6) is 0. The van der Waals surface area contributed by atoms with E-state index in [2.05, 4.69) is 47.8 Å². The molecule has 0 spiro atoms. The summed E-state index contributed by atoms with van der Waals surface area (Å²) in [6.07, 6.45) is 0. The highest BCUT2D eigenvalue weighted by molar-refractivity contribution is 9.21. The van der Waals surface area contributed by atoms with Gasteiger partial charge < -0.3 is 0 Å². The Balaban J connectivity index is 4.23. The van der Waals surface area contributed by atoms with E-state index in [1.165, 1.54) is 0 Å².